The molecule has 0 aromatic heterocycles. The van der Waals surface area contributed by atoms with Crippen LogP contribution < -0.4 is 5.32 Å². The Kier molecular flexibility index (Phi) is 4.16. The van der Waals surface area contributed by atoms with Crippen molar-refractivity contribution in [3.63, 3.8) is 0 Å². The quantitative estimate of drug-likeness (QED) is 0.884. The Morgan fingerprint density at radius 1 is 1.16 bits per heavy atom. The fourth-order valence-corrected chi connectivity index (χ4v) is 2.06. The Labute approximate surface area is 118 Å². The number of ether oxygens (including phenoxy) is 1. The molecule has 0 radical (unpaired) electrons. The fraction of sp³-hybridized carbons (Fsp3) is 0.143. The summed E-state index contributed by atoms with van der Waals surface area (Å²) >= 11 is 3.40. The molecule has 5 heteroatoms. The summed E-state index contributed by atoms with van der Waals surface area (Å²) in [4.78, 5) is 22.8. The number of esters is 1. The van der Waals surface area contributed by atoms with E-state index in [2.05, 4.69) is 26.0 Å². The van der Waals surface area contributed by atoms with E-state index in [0.717, 1.165) is 15.2 Å². The van der Waals surface area contributed by atoms with Crippen LogP contribution in [0.3, 0.4) is 0 Å². The van der Waals surface area contributed by atoms with Crippen molar-refractivity contribution in [2.75, 3.05) is 13.7 Å². The first-order chi connectivity index (χ1) is 9.10. The monoisotopic (exact) mass is 321 g/mol. The smallest absolute Gasteiger partial charge is 0.325 e. The average molecular weight is 322 g/mol. The van der Waals surface area contributed by atoms with Gasteiger partial charge in [0.1, 0.15) is 6.54 Å². The van der Waals surface area contributed by atoms with Gasteiger partial charge in [-0.3, -0.25) is 9.59 Å². The van der Waals surface area contributed by atoms with Gasteiger partial charge in [0.15, 0.2) is 0 Å². The number of halogens is 1. The summed E-state index contributed by atoms with van der Waals surface area (Å²) in [6, 6.07) is 11.2. The summed E-state index contributed by atoms with van der Waals surface area (Å²) < 4.78 is 5.45. The van der Waals surface area contributed by atoms with Crippen LogP contribution in [0.15, 0.2) is 40.9 Å². The number of carbonyl (C=O) groups is 2. The Morgan fingerprint density at radius 3 is 2.58 bits per heavy atom. The van der Waals surface area contributed by atoms with Gasteiger partial charge in [-0.25, -0.2) is 0 Å². The third kappa shape index (κ3) is 3.32. The first kappa shape index (κ1) is 13.5. The topological polar surface area (TPSA) is 55.4 Å². The van der Waals surface area contributed by atoms with Crippen molar-refractivity contribution in [3.05, 3.63) is 46.4 Å². The molecule has 0 aliphatic heterocycles. The average Bonchev–Trinajstić information content (AvgIpc) is 2.43. The van der Waals surface area contributed by atoms with Gasteiger partial charge in [0.2, 0.25) is 0 Å². The normalized spacial score (nSPS) is 10.2. The van der Waals surface area contributed by atoms with E-state index in [9.17, 15) is 9.59 Å². The Balaban J connectivity index is 2.19. The lowest BCUT2D eigenvalue weighted by atomic mass is 10.1. The minimum atomic E-state index is -0.474. The van der Waals surface area contributed by atoms with Crippen molar-refractivity contribution >= 4 is 38.6 Å². The molecule has 1 N–H and O–H groups in total. The minimum absolute atomic E-state index is 0.131. The molecule has 98 valence electrons. The Bertz CT molecular complexity index is 640. The van der Waals surface area contributed by atoms with E-state index in [-0.39, 0.29) is 12.5 Å². The number of benzene rings is 2. The molecule has 0 atom stereocenters. The predicted octanol–water partition coefficient (Wildman–Crippen LogP) is 2.51. The van der Waals surface area contributed by atoms with Crippen LogP contribution in [0, 0.1) is 0 Å². The molecule has 0 aliphatic rings. The number of hydrogen-bond acceptors (Lipinski definition) is 3. The SMILES string of the molecule is COC(=O)CNC(=O)c1ccc2cc(Br)ccc2c1. The van der Waals surface area contributed by atoms with Crippen LogP contribution in [-0.2, 0) is 9.53 Å². The van der Waals surface area contributed by atoms with Gasteiger partial charge in [-0.1, -0.05) is 28.1 Å². The van der Waals surface area contributed by atoms with Gasteiger partial charge >= 0.3 is 5.97 Å². The van der Waals surface area contributed by atoms with Crippen molar-refractivity contribution in [1.82, 2.24) is 5.32 Å². The zero-order valence-corrected chi connectivity index (χ0v) is 11.9. The molecule has 0 bridgehead atoms. The first-order valence-corrected chi connectivity index (χ1v) is 6.44. The zero-order chi connectivity index (χ0) is 13.8. The highest BCUT2D eigenvalue weighted by Crippen LogP contribution is 2.20. The molecular weight excluding hydrogens is 310 g/mol. The van der Waals surface area contributed by atoms with Crippen LogP contribution in [0.4, 0.5) is 0 Å². The van der Waals surface area contributed by atoms with E-state index < -0.39 is 5.97 Å². The van der Waals surface area contributed by atoms with E-state index in [1.165, 1.54) is 7.11 Å². The molecule has 19 heavy (non-hydrogen) atoms. The lowest BCUT2D eigenvalue weighted by Crippen LogP contribution is -2.30. The standard InChI is InChI=1S/C14H12BrNO3/c1-19-13(17)8-16-14(18)11-3-2-10-7-12(15)5-4-9(10)6-11/h2-7H,8H2,1H3,(H,16,18). The third-order valence-corrected chi connectivity index (χ3v) is 3.18. The van der Waals surface area contributed by atoms with Crippen LogP contribution >= 0.6 is 15.9 Å². The van der Waals surface area contributed by atoms with Crippen molar-refractivity contribution in [2.45, 2.75) is 0 Å². The Hall–Kier alpha value is -1.88. The van der Waals surface area contributed by atoms with Gasteiger partial charge in [-0.2, -0.15) is 0 Å². The molecule has 2 aromatic carbocycles. The molecule has 0 spiro atoms. The van der Waals surface area contributed by atoms with Crippen molar-refractivity contribution in [3.8, 4) is 0 Å². The highest BCUT2D eigenvalue weighted by atomic mass is 79.9. The van der Waals surface area contributed by atoms with Crippen molar-refractivity contribution in [1.29, 1.82) is 0 Å². The molecule has 0 heterocycles. The van der Waals surface area contributed by atoms with Gasteiger partial charge in [0, 0.05) is 10.0 Å². The predicted molar refractivity (Wildman–Crippen MR) is 76.0 cm³/mol. The maximum Gasteiger partial charge on any atom is 0.325 e. The molecule has 0 aliphatic carbocycles. The summed E-state index contributed by atoms with van der Waals surface area (Å²) in [5, 5.41) is 4.51. The van der Waals surface area contributed by atoms with E-state index in [4.69, 9.17) is 0 Å². The maximum atomic E-state index is 11.8. The van der Waals surface area contributed by atoms with E-state index in [0.29, 0.717) is 5.56 Å². The van der Waals surface area contributed by atoms with Gasteiger partial charge in [0.25, 0.3) is 5.91 Å². The molecule has 4 nitrogen and oxygen atoms in total. The fourth-order valence-electron chi connectivity index (χ4n) is 1.68. The molecule has 0 saturated heterocycles. The van der Waals surface area contributed by atoms with Crippen LogP contribution in [0.1, 0.15) is 10.4 Å². The summed E-state index contributed by atoms with van der Waals surface area (Å²) in [5.41, 5.74) is 0.513. The molecule has 2 aromatic rings. The number of hydrogen-bond donors (Lipinski definition) is 1. The van der Waals surface area contributed by atoms with Crippen molar-refractivity contribution in [2.24, 2.45) is 0 Å². The van der Waals surface area contributed by atoms with Crippen LogP contribution in [0.2, 0.25) is 0 Å². The molecular formula is C14H12BrNO3. The maximum absolute atomic E-state index is 11.8. The number of rotatable bonds is 3. The number of methoxy groups -OCH3 is 1. The second-order valence-corrected chi connectivity index (χ2v) is 4.88. The molecule has 0 unspecified atom stereocenters. The molecule has 1 amide bonds. The highest BCUT2D eigenvalue weighted by Gasteiger charge is 2.08. The van der Waals surface area contributed by atoms with Crippen LogP contribution in [0.25, 0.3) is 10.8 Å². The second-order valence-electron chi connectivity index (χ2n) is 3.97. The molecule has 2 rings (SSSR count). The second kappa shape index (κ2) is 5.84. The molecule has 0 fully saturated rings. The van der Waals surface area contributed by atoms with Gasteiger partial charge in [0.05, 0.1) is 7.11 Å². The van der Waals surface area contributed by atoms with E-state index in [1.54, 1.807) is 12.1 Å². The number of carbonyl (C=O) groups excluding carboxylic acids is 2. The lowest BCUT2D eigenvalue weighted by molar-refractivity contribution is -0.139. The number of nitrogens with one attached hydrogen (secondary N) is 1. The summed E-state index contributed by atoms with van der Waals surface area (Å²) in [7, 11) is 1.28. The van der Waals surface area contributed by atoms with E-state index in [1.807, 2.05) is 24.3 Å². The largest absolute Gasteiger partial charge is 0.468 e. The number of fused-ring (bicyclic) bond motifs is 1. The minimum Gasteiger partial charge on any atom is -0.468 e. The van der Waals surface area contributed by atoms with Crippen LogP contribution in [-0.4, -0.2) is 25.5 Å². The summed E-state index contributed by atoms with van der Waals surface area (Å²) in [6.45, 7) is -0.131. The highest BCUT2D eigenvalue weighted by molar-refractivity contribution is 9.10. The molecule has 0 saturated carbocycles. The number of amides is 1. The van der Waals surface area contributed by atoms with Crippen molar-refractivity contribution < 1.29 is 14.3 Å². The van der Waals surface area contributed by atoms with E-state index >= 15 is 0 Å². The lowest BCUT2D eigenvalue weighted by Gasteiger charge is -2.05. The Morgan fingerprint density at radius 2 is 1.84 bits per heavy atom. The zero-order valence-electron chi connectivity index (χ0n) is 10.3. The first-order valence-electron chi connectivity index (χ1n) is 5.64. The summed E-state index contributed by atoms with van der Waals surface area (Å²) in [5.74, 6) is -0.770. The third-order valence-electron chi connectivity index (χ3n) is 2.69. The van der Waals surface area contributed by atoms with Gasteiger partial charge in [-0.15, -0.1) is 0 Å². The summed E-state index contributed by atoms with van der Waals surface area (Å²) in [6.07, 6.45) is 0. The van der Waals surface area contributed by atoms with Gasteiger partial charge in [-0.05, 0) is 35.0 Å². The van der Waals surface area contributed by atoms with Gasteiger partial charge < -0.3 is 10.1 Å². The van der Waals surface area contributed by atoms with Crippen LogP contribution in [0.5, 0.6) is 0 Å².